The lowest BCUT2D eigenvalue weighted by molar-refractivity contribution is -0.378. The highest BCUT2D eigenvalue weighted by Crippen LogP contribution is 2.29. The number of hydrogen-bond donors (Lipinski definition) is 3. The van der Waals surface area contributed by atoms with Crippen molar-refractivity contribution in [3.05, 3.63) is 72.7 Å². The molecule has 1 saturated heterocycles. The van der Waals surface area contributed by atoms with Crippen LogP contribution in [-0.2, 0) is 4.79 Å². The molecule has 2 heterocycles. The summed E-state index contributed by atoms with van der Waals surface area (Å²) in [6.07, 6.45) is 3.67. The zero-order valence-corrected chi connectivity index (χ0v) is 13.2. The normalized spacial score (nSPS) is 20.3. The van der Waals surface area contributed by atoms with E-state index >= 15 is 0 Å². The van der Waals surface area contributed by atoms with Gasteiger partial charge in [0.2, 0.25) is 5.91 Å². The van der Waals surface area contributed by atoms with Crippen molar-refractivity contribution in [1.29, 1.82) is 0 Å². The van der Waals surface area contributed by atoms with Crippen LogP contribution in [-0.4, -0.2) is 11.0 Å². The van der Waals surface area contributed by atoms with Gasteiger partial charge < -0.3 is 16.0 Å². The number of carbonyl (C=O) groups excluding carboxylic acids is 1. The molecule has 1 aliphatic heterocycles. The third kappa shape index (κ3) is 3.37. The number of carbonyl (C=O) groups is 1. The summed E-state index contributed by atoms with van der Waals surface area (Å²) in [4.78, 5) is 15.8. The van der Waals surface area contributed by atoms with E-state index in [1.807, 2.05) is 54.9 Å². The number of hydrogen-bond acceptors (Lipinski definition) is 2. The molecule has 4 N–H and O–H groups in total. The highest BCUT2D eigenvalue weighted by atomic mass is 32.1. The molecule has 0 saturated carbocycles. The first-order chi connectivity index (χ1) is 11.1. The Hall–Kier alpha value is -2.73. The van der Waals surface area contributed by atoms with Gasteiger partial charge in [0.25, 0.3) is 0 Å². The molecule has 1 aromatic heterocycles. The summed E-state index contributed by atoms with van der Waals surface area (Å²) in [5, 5.41) is 9.50. The van der Waals surface area contributed by atoms with Crippen molar-refractivity contribution in [1.82, 2.24) is 10.6 Å². The molecule has 1 amide bonds. The zero-order chi connectivity index (χ0) is 16.2. The van der Waals surface area contributed by atoms with Crippen LogP contribution < -0.4 is 20.9 Å². The minimum atomic E-state index is -0.488. The lowest BCUT2D eigenvalue weighted by atomic mass is 9.89. The second kappa shape index (κ2) is 6.58. The van der Waals surface area contributed by atoms with E-state index in [-0.39, 0.29) is 11.9 Å². The summed E-state index contributed by atoms with van der Waals surface area (Å²) in [6.45, 7) is 3.97. The number of anilines is 1. The van der Waals surface area contributed by atoms with Crippen LogP contribution in [0.5, 0.6) is 0 Å². The molecule has 1 aliphatic rings. The van der Waals surface area contributed by atoms with Crippen molar-refractivity contribution in [2.45, 2.75) is 6.04 Å². The summed E-state index contributed by atoms with van der Waals surface area (Å²) in [7, 11) is 0. The van der Waals surface area contributed by atoms with E-state index in [1.54, 1.807) is 0 Å². The Morgan fingerprint density at radius 2 is 2.00 bits per heavy atom. The second-order valence-corrected chi connectivity index (χ2v) is 5.68. The first-order valence-electron chi connectivity index (χ1n) is 7.23. The number of rotatable bonds is 3. The molecule has 6 heteroatoms. The average Bonchev–Trinajstić information content (AvgIpc) is 2.55. The zero-order valence-electron chi connectivity index (χ0n) is 12.4. The molecular weight excluding hydrogens is 308 g/mol. The summed E-state index contributed by atoms with van der Waals surface area (Å²) in [5.41, 5.74) is 2.26. The number of aromatic nitrogens is 1. The maximum absolute atomic E-state index is 12.8. The molecule has 0 radical (unpaired) electrons. The minimum Gasteiger partial charge on any atom is -0.354 e. The maximum Gasteiger partial charge on any atom is 0.235 e. The Labute approximate surface area is 139 Å². The van der Waals surface area contributed by atoms with E-state index in [2.05, 4.69) is 27.5 Å². The van der Waals surface area contributed by atoms with Gasteiger partial charge in [-0.2, -0.15) is 0 Å². The van der Waals surface area contributed by atoms with Crippen LogP contribution in [0.25, 0.3) is 0 Å². The monoisotopic (exact) mass is 325 g/mol. The molecule has 1 aromatic carbocycles. The van der Waals surface area contributed by atoms with Crippen LogP contribution in [0, 0.1) is 5.92 Å². The molecular formula is C17H17N4OS+. The predicted octanol–water partition coefficient (Wildman–Crippen LogP) is 1.79. The van der Waals surface area contributed by atoms with Crippen molar-refractivity contribution >= 4 is 28.9 Å². The number of nitrogens with one attached hydrogen (secondary N) is 4. The smallest absolute Gasteiger partial charge is 0.235 e. The van der Waals surface area contributed by atoms with Crippen LogP contribution in [0.2, 0.25) is 0 Å². The van der Waals surface area contributed by atoms with E-state index < -0.39 is 5.92 Å². The van der Waals surface area contributed by atoms with Crippen LogP contribution in [0.15, 0.2) is 67.1 Å². The fraction of sp³-hybridized carbons (Fsp3) is 0.118. The molecule has 23 heavy (non-hydrogen) atoms. The number of para-hydroxylation sites is 1. The Morgan fingerprint density at radius 1 is 1.22 bits per heavy atom. The van der Waals surface area contributed by atoms with Crippen LogP contribution in [0.4, 0.5) is 5.69 Å². The van der Waals surface area contributed by atoms with Gasteiger partial charge in [-0.15, -0.1) is 0 Å². The van der Waals surface area contributed by atoms with Gasteiger partial charge >= 0.3 is 0 Å². The van der Waals surface area contributed by atoms with Gasteiger partial charge in [-0.3, -0.25) is 4.79 Å². The third-order valence-electron chi connectivity index (χ3n) is 3.68. The number of amides is 1. The Morgan fingerprint density at radius 3 is 2.70 bits per heavy atom. The van der Waals surface area contributed by atoms with E-state index in [0.29, 0.717) is 10.8 Å². The van der Waals surface area contributed by atoms with Crippen LogP contribution in [0.1, 0.15) is 11.6 Å². The Balaban J connectivity index is 1.88. The first-order valence-corrected chi connectivity index (χ1v) is 7.64. The molecule has 0 spiro atoms. The number of pyridine rings is 1. The summed E-state index contributed by atoms with van der Waals surface area (Å²) in [6, 6.07) is 12.9. The van der Waals surface area contributed by atoms with E-state index in [4.69, 9.17) is 12.2 Å². The predicted molar refractivity (Wildman–Crippen MR) is 92.3 cm³/mol. The van der Waals surface area contributed by atoms with Gasteiger partial charge in [-0.1, -0.05) is 24.8 Å². The van der Waals surface area contributed by atoms with Gasteiger partial charge in [0.05, 0.1) is 6.04 Å². The van der Waals surface area contributed by atoms with Crippen LogP contribution >= 0.6 is 12.2 Å². The summed E-state index contributed by atoms with van der Waals surface area (Å²) >= 11 is 5.20. The molecule has 2 atom stereocenters. The second-order valence-electron chi connectivity index (χ2n) is 5.27. The lowest BCUT2D eigenvalue weighted by Crippen LogP contribution is -2.51. The maximum atomic E-state index is 12.8. The third-order valence-corrected chi connectivity index (χ3v) is 3.90. The molecule has 0 aliphatic carbocycles. The van der Waals surface area contributed by atoms with Gasteiger partial charge in [0.15, 0.2) is 17.5 Å². The molecule has 0 bridgehead atoms. The molecule has 2 unspecified atom stereocenters. The SMILES string of the molecule is C=C1NC(=S)NC(c2ccc[nH+]c2)C1C(=O)Nc1ccccc1. The topological polar surface area (TPSA) is 67.3 Å². The van der Waals surface area contributed by atoms with Crippen molar-refractivity contribution in [2.24, 2.45) is 5.92 Å². The van der Waals surface area contributed by atoms with Gasteiger partial charge in [0, 0.05) is 23.0 Å². The lowest BCUT2D eigenvalue weighted by Gasteiger charge is -2.34. The van der Waals surface area contributed by atoms with E-state index in [1.165, 1.54) is 0 Å². The first kappa shape index (κ1) is 15.2. The van der Waals surface area contributed by atoms with Crippen molar-refractivity contribution in [2.75, 3.05) is 5.32 Å². The standard InChI is InChI=1S/C17H16N4OS/c1-11-14(16(22)20-13-7-3-2-4-8-13)15(21-17(23)19-11)12-6-5-9-18-10-12/h2-10,14-15H,1H2,(H,20,22)(H2,19,21,23)/p+1. The Kier molecular flexibility index (Phi) is 4.34. The number of H-pyrrole nitrogens is 1. The Bertz CT molecular complexity index is 733. The number of benzene rings is 1. The van der Waals surface area contributed by atoms with Crippen molar-refractivity contribution in [3.8, 4) is 0 Å². The van der Waals surface area contributed by atoms with Crippen molar-refractivity contribution in [3.63, 3.8) is 0 Å². The largest absolute Gasteiger partial charge is 0.354 e. The minimum absolute atomic E-state index is 0.141. The van der Waals surface area contributed by atoms with Gasteiger partial charge in [0.1, 0.15) is 5.92 Å². The van der Waals surface area contributed by atoms with Gasteiger partial charge in [-0.05, 0) is 30.4 Å². The number of thiocarbonyl (C=S) groups is 1. The van der Waals surface area contributed by atoms with Crippen LogP contribution in [0.3, 0.4) is 0 Å². The fourth-order valence-electron chi connectivity index (χ4n) is 2.61. The van der Waals surface area contributed by atoms with Gasteiger partial charge in [-0.25, -0.2) is 4.98 Å². The number of aromatic amines is 1. The quantitative estimate of drug-likeness (QED) is 0.753. The van der Waals surface area contributed by atoms with E-state index in [9.17, 15) is 4.79 Å². The van der Waals surface area contributed by atoms with Crippen molar-refractivity contribution < 1.29 is 9.78 Å². The summed E-state index contributed by atoms with van der Waals surface area (Å²) in [5.74, 6) is -0.629. The summed E-state index contributed by atoms with van der Waals surface area (Å²) < 4.78 is 0. The van der Waals surface area contributed by atoms with E-state index in [0.717, 1.165) is 11.3 Å². The highest BCUT2D eigenvalue weighted by molar-refractivity contribution is 7.80. The molecule has 2 aromatic rings. The average molecular weight is 325 g/mol. The molecule has 1 fully saturated rings. The highest BCUT2D eigenvalue weighted by Gasteiger charge is 2.37. The molecule has 116 valence electrons. The molecule has 5 nitrogen and oxygen atoms in total. The molecule has 3 rings (SSSR count). The fourth-order valence-corrected chi connectivity index (χ4v) is 2.87.